The summed E-state index contributed by atoms with van der Waals surface area (Å²) in [7, 11) is 0. The third kappa shape index (κ3) is 10.8. The van der Waals surface area contributed by atoms with Gasteiger partial charge in [-0.1, -0.05) is 77.6 Å². The molecule has 0 aliphatic heterocycles. The van der Waals surface area contributed by atoms with Crippen LogP contribution >= 0.6 is 0 Å². The van der Waals surface area contributed by atoms with Gasteiger partial charge in [-0.3, -0.25) is 0 Å². The Morgan fingerprint density at radius 3 is 1.83 bits per heavy atom. The minimum Gasteiger partial charge on any atom is -0.323 e. The molecule has 2 nitrogen and oxygen atoms in total. The second kappa shape index (κ2) is 14.5. The van der Waals surface area contributed by atoms with E-state index in [0.717, 1.165) is 6.61 Å². The Balaban J connectivity index is 1.83. The van der Waals surface area contributed by atoms with Crippen LogP contribution in [0.5, 0.6) is 0 Å². The topological polar surface area (TPSA) is 13.1 Å². The summed E-state index contributed by atoms with van der Waals surface area (Å²) in [5.41, 5.74) is 2.67. The van der Waals surface area contributed by atoms with Crippen LogP contribution in [-0.2, 0) is 11.5 Å². The Morgan fingerprint density at radius 2 is 1.29 bits per heavy atom. The van der Waals surface area contributed by atoms with Crippen LogP contribution in [-0.4, -0.2) is 6.61 Å². The highest BCUT2D eigenvalue weighted by Gasteiger charge is 2.02. The van der Waals surface area contributed by atoms with Gasteiger partial charge < -0.3 is 4.74 Å². The number of rotatable bonds is 15. The first kappa shape index (κ1) is 21.2. The van der Waals surface area contributed by atoms with E-state index in [1.165, 1.54) is 88.2 Å². The molecule has 0 amide bonds. The molecule has 1 aromatic heterocycles. The van der Waals surface area contributed by atoms with Gasteiger partial charge in [-0.25, -0.2) is 0 Å². The summed E-state index contributed by atoms with van der Waals surface area (Å²) in [6.07, 6.45) is 21.0. The lowest BCUT2D eigenvalue weighted by Crippen LogP contribution is -2.35. The molecule has 0 saturated carbocycles. The monoisotopic (exact) mass is 334 g/mol. The summed E-state index contributed by atoms with van der Waals surface area (Å²) >= 11 is 0. The third-order valence-corrected chi connectivity index (χ3v) is 4.88. The van der Waals surface area contributed by atoms with Crippen LogP contribution in [0, 0.1) is 13.8 Å². The molecule has 138 valence electrons. The van der Waals surface area contributed by atoms with Gasteiger partial charge in [0.05, 0.1) is 6.61 Å². The normalized spacial score (nSPS) is 11.1. The Morgan fingerprint density at radius 1 is 0.750 bits per heavy atom. The van der Waals surface area contributed by atoms with E-state index in [9.17, 15) is 0 Å². The van der Waals surface area contributed by atoms with E-state index in [1.54, 1.807) is 0 Å². The molecule has 0 aromatic carbocycles. The summed E-state index contributed by atoms with van der Waals surface area (Å²) < 4.78 is 7.90. The maximum atomic E-state index is 5.77. The zero-order valence-electron chi connectivity index (χ0n) is 16.5. The number of hydrogen-bond acceptors (Lipinski definition) is 1. The van der Waals surface area contributed by atoms with Crippen LogP contribution in [0.15, 0.2) is 18.5 Å². The smallest absolute Gasteiger partial charge is 0.252 e. The fourth-order valence-electron chi connectivity index (χ4n) is 3.03. The molecule has 0 N–H and O–H groups in total. The summed E-state index contributed by atoms with van der Waals surface area (Å²) in [4.78, 5) is 0. The highest BCUT2D eigenvalue weighted by atomic mass is 16.5. The van der Waals surface area contributed by atoms with Crippen LogP contribution in [0.1, 0.15) is 95.1 Å². The van der Waals surface area contributed by atoms with Gasteiger partial charge in [0.25, 0.3) is 6.73 Å². The number of hydrogen-bond donors (Lipinski definition) is 0. The van der Waals surface area contributed by atoms with Gasteiger partial charge in [0, 0.05) is 11.6 Å². The minimum absolute atomic E-state index is 0.680. The predicted molar refractivity (Wildman–Crippen MR) is 103 cm³/mol. The first-order valence-electron chi connectivity index (χ1n) is 10.3. The fraction of sp³-hybridized carbons (Fsp3) is 0.773. The van der Waals surface area contributed by atoms with Gasteiger partial charge in [-0.15, -0.1) is 0 Å². The Bertz CT molecular complexity index is 416. The average Bonchev–Trinajstić information content (AvgIpc) is 2.58. The Kier molecular flexibility index (Phi) is 12.7. The van der Waals surface area contributed by atoms with E-state index < -0.39 is 0 Å². The molecule has 0 bridgehead atoms. The van der Waals surface area contributed by atoms with Gasteiger partial charge >= 0.3 is 0 Å². The maximum Gasteiger partial charge on any atom is 0.252 e. The maximum absolute atomic E-state index is 5.77. The number of unbranched alkanes of at least 4 members (excludes halogenated alkanes) is 11. The lowest BCUT2D eigenvalue weighted by molar-refractivity contribution is -0.733. The van der Waals surface area contributed by atoms with Crippen molar-refractivity contribution < 1.29 is 9.30 Å². The number of nitrogens with zero attached hydrogens (tertiary/aromatic N) is 1. The summed E-state index contributed by atoms with van der Waals surface area (Å²) in [5.74, 6) is 0. The van der Waals surface area contributed by atoms with Gasteiger partial charge in [0.15, 0.2) is 12.4 Å². The second-order valence-corrected chi connectivity index (χ2v) is 7.25. The first-order chi connectivity index (χ1) is 11.7. The molecule has 1 rings (SSSR count). The molecule has 0 fully saturated rings. The Labute approximate surface area is 150 Å². The molecule has 0 aliphatic carbocycles. The van der Waals surface area contributed by atoms with Gasteiger partial charge in [0.1, 0.15) is 0 Å². The number of ether oxygens (including phenoxy) is 1. The molecular formula is C22H40NO+. The molecule has 0 spiro atoms. The molecule has 1 aromatic rings. The molecule has 0 unspecified atom stereocenters. The van der Waals surface area contributed by atoms with E-state index in [2.05, 4.69) is 43.8 Å². The van der Waals surface area contributed by atoms with E-state index in [0.29, 0.717) is 6.73 Å². The lowest BCUT2D eigenvalue weighted by atomic mass is 10.1. The molecular weight excluding hydrogens is 294 g/mol. The van der Waals surface area contributed by atoms with Crippen molar-refractivity contribution in [2.24, 2.45) is 0 Å². The zero-order valence-corrected chi connectivity index (χ0v) is 16.5. The number of aryl methyl sites for hydroxylation is 2. The molecule has 0 aliphatic rings. The van der Waals surface area contributed by atoms with Crippen LogP contribution in [0.2, 0.25) is 0 Å². The minimum atomic E-state index is 0.680. The van der Waals surface area contributed by atoms with Gasteiger partial charge in [-0.05, 0) is 25.8 Å². The van der Waals surface area contributed by atoms with Crippen molar-refractivity contribution in [1.82, 2.24) is 0 Å². The number of pyridine rings is 1. The Hall–Kier alpha value is -0.890. The second-order valence-electron chi connectivity index (χ2n) is 7.25. The largest absolute Gasteiger partial charge is 0.323 e. The first-order valence-corrected chi connectivity index (χ1v) is 10.3. The quantitative estimate of drug-likeness (QED) is 0.272. The van der Waals surface area contributed by atoms with Crippen molar-refractivity contribution in [2.45, 2.75) is 105 Å². The third-order valence-electron chi connectivity index (χ3n) is 4.88. The molecule has 2 heteroatoms. The van der Waals surface area contributed by atoms with Crippen molar-refractivity contribution in [3.63, 3.8) is 0 Å². The zero-order chi connectivity index (χ0) is 17.5. The summed E-state index contributed by atoms with van der Waals surface area (Å²) in [6, 6.07) is 2.16. The number of aromatic nitrogens is 1. The SMILES string of the molecule is CCCCCCCCCCCCCCOC[n+]1ccc(C)c(C)c1. The molecule has 24 heavy (non-hydrogen) atoms. The summed E-state index contributed by atoms with van der Waals surface area (Å²) in [6.45, 7) is 8.15. The van der Waals surface area contributed by atoms with E-state index in [1.807, 2.05) is 0 Å². The summed E-state index contributed by atoms with van der Waals surface area (Å²) in [5, 5.41) is 0. The van der Waals surface area contributed by atoms with E-state index in [-0.39, 0.29) is 0 Å². The lowest BCUT2D eigenvalue weighted by Gasteiger charge is -2.04. The average molecular weight is 335 g/mol. The van der Waals surface area contributed by atoms with Crippen molar-refractivity contribution >= 4 is 0 Å². The van der Waals surface area contributed by atoms with Crippen LogP contribution in [0.4, 0.5) is 0 Å². The van der Waals surface area contributed by atoms with E-state index in [4.69, 9.17) is 4.74 Å². The highest BCUT2D eigenvalue weighted by molar-refractivity contribution is 5.16. The van der Waals surface area contributed by atoms with Crippen LogP contribution in [0.3, 0.4) is 0 Å². The van der Waals surface area contributed by atoms with Crippen molar-refractivity contribution in [3.05, 3.63) is 29.6 Å². The standard InChI is InChI=1S/C22H40NO/c1-4-5-6-7-8-9-10-11-12-13-14-15-18-24-20-23-17-16-21(2)22(3)19-23/h16-17,19H,4-15,18,20H2,1-3H3/q+1. The fourth-order valence-corrected chi connectivity index (χ4v) is 3.03. The van der Waals surface area contributed by atoms with Crippen molar-refractivity contribution in [1.29, 1.82) is 0 Å². The van der Waals surface area contributed by atoms with Gasteiger partial charge in [-0.2, -0.15) is 4.57 Å². The van der Waals surface area contributed by atoms with Crippen molar-refractivity contribution in [3.8, 4) is 0 Å². The van der Waals surface area contributed by atoms with E-state index >= 15 is 0 Å². The highest BCUT2D eigenvalue weighted by Crippen LogP contribution is 2.11. The molecule has 1 heterocycles. The van der Waals surface area contributed by atoms with Gasteiger partial charge in [0.2, 0.25) is 0 Å². The van der Waals surface area contributed by atoms with Crippen molar-refractivity contribution in [2.75, 3.05) is 6.61 Å². The van der Waals surface area contributed by atoms with Crippen LogP contribution < -0.4 is 4.57 Å². The molecule has 0 atom stereocenters. The molecule has 0 radical (unpaired) electrons. The predicted octanol–water partition coefficient (Wildman–Crippen LogP) is 6.27. The van der Waals surface area contributed by atoms with Crippen LogP contribution in [0.25, 0.3) is 0 Å². The molecule has 0 saturated heterocycles.